The summed E-state index contributed by atoms with van der Waals surface area (Å²) in [4.78, 5) is 30.7. The Morgan fingerprint density at radius 3 is 2.34 bits per heavy atom. The molecule has 152 valence electrons. The molecule has 2 amide bonds. The SMILES string of the molecule is O=C(Nc1ccc(-c2cc(F)cc(F)c2)cn1)C1CCC(N2CCCC2=O)CC1. The van der Waals surface area contributed by atoms with E-state index in [9.17, 15) is 18.4 Å². The van der Waals surface area contributed by atoms with Gasteiger partial charge in [-0.05, 0) is 61.9 Å². The fourth-order valence-electron chi connectivity index (χ4n) is 4.29. The number of hydrogen-bond donors (Lipinski definition) is 1. The van der Waals surface area contributed by atoms with Gasteiger partial charge in [-0.2, -0.15) is 0 Å². The third-order valence-corrected chi connectivity index (χ3v) is 5.83. The second-order valence-electron chi connectivity index (χ2n) is 7.78. The van der Waals surface area contributed by atoms with Gasteiger partial charge in [0.05, 0.1) is 0 Å². The lowest BCUT2D eigenvalue weighted by atomic mass is 9.85. The van der Waals surface area contributed by atoms with Gasteiger partial charge in [-0.15, -0.1) is 0 Å². The summed E-state index contributed by atoms with van der Waals surface area (Å²) < 4.78 is 26.8. The normalized spacial score (nSPS) is 22.0. The molecule has 1 saturated carbocycles. The highest BCUT2D eigenvalue weighted by molar-refractivity contribution is 5.91. The van der Waals surface area contributed by atoms with E-state index in [1.807, 2.05) is 4.90 Å². The second-order valence-corrected chi connectivity index (χ2v) is 7.78. The molecule has 29 heavy (non-hydrogen) atoms. The van der Waals surface area contributed by atoms with E-state index in [4.69, 9.17) is 0 Å². The number of benzene rings is 1. The van der Waals surface area contributed by atoms with Gasteiger partial charge >= 0.3 is 0 Å². The molecule has 7 heteroatoms. The van der Waals surface area contributed by atoms with Crippen LogP contribution in [0.25, 0.3) is 11.1 Å². The van der Waals surface area contributed by atoms with Gasteiger partial charge in [-0.3, -0.25) is 9.59 Å². The van der Waals surface area contributed by atoms with Crippen molar-refractivity contribution in [2.24, 2.45) is 5.92 Å². The van der Waals surface area contributed by atoms with Gasteiger partial charge in [0.1, 0.15) is 17.5 Å². The van der Waals surface area contributed by atoms with Crippen LogP contribution in [0.2, 0.25) is 0 Å². The van der Waals surface area contributed by atoms with Crippen LogP contribution < -0.4 is 5.32 Å². The van der Waals surface area contributed by atoms with Crippen molar-refractivity contribution < 1.29 is 18.4 Å². The first-order valence-electron chi connectivity index (χ1n) is 10.0. The van der Waals surface area contributed by atoms with Gasteiger partial charge < -0.3 is 10.2 Å². The standard InChI is InChI=1S/C22H23F2N3O2/c23-17-10-16(11-18(24)12-17)15-5-8-20(25-13-15)26-22(29)14-3-6-19(7-4-14)27-9-1-2-21(27)28/h5,8,10-14,19H,1-4,6-7,9H2,(H,25,26,29). The van der Waals surface area contributed by atoms with Crippen LogP contribution >= 0.6 is 0 Å². The lowest BCUT2D eigenvalue weighted by Crippen LogP contribution is -2.40. The number of hydrogen-bond acceptors (Lipinski definition) is 3. The Labute approximate surface area is 168 Å². The number of aromatic nitrogens is 1. The average molecular weight is 399 g/mol. The Morgan fingerprint density at radius 2 is 1.76 bits per heavy atom. The van der Waals surface area contributed by atoms with Crippen molar-refractivity contribution in [1.29, 1.82) is 0 Å². The second kappa shape index (κ2) is 8.27. The van der Waals surface area contributed by atoms with Crippen LogP contribution in [-0.4, -0.2) is 34.3 Å². The van der Waals surface area contributed by atoms with Crippen molar-refractivity contribution in [1.82, 2.24) is 9.88 Å². The van der Waals surface area contributed by atoms with E-state index in [2.05, 4.69) is 10.3 Å². The zero-order valence-corrected chi connectivity index (χ0v) is 16.0. The van der Waals surface area contributed by atoms with E-state index in [-0.39, 0.29) is 23.8 Å². The third kappa shape index (κ3) is 4.44. The predicted octanol–water partition coefficient (Wildman–Crippen LogP) is 4.15. The number of carbonyl (C=O) groups excluding carboxylic acids is 2. The van der Waals surface area contributed by atoms with E-state index >= 15 is 0 Å². The van der Waals surface area contributed by atoms with Crippen molar-refractivity contribution in [3.63, 3.8) is 0 Å². The number of amides is 2. The van der Waals surface area contributed by atoms with Crippen molar-refractivity contribution in [3.05, 3.63) is 48.2 Å². The molecular weight excluding hydrogens is 376 g/mol. The summed E-state index contributed by atoms with van der Waals surface area (Å²) in [6, 6.07) is 6.86. The van der Waals surface area contributed by atoms with Crippen LogP contribution in [0.15, 0.2) is 36.5 Å². The van der Waals surface area contributed by atoms with Crippen LogP contribution in [0.1, 0.15) is 38.5 Å². The average Bonchev–Trinajstić information content (AvgIpc) is 3.14. The first-order chi connectivity index (χ1) is 14.0. The van der Waals surface area contributed by atoms with Crippen LogP contribution in [0, 0.1) is 17.6 Å². The highest BCUT2D eigenvalue weighted by Crippen LogP contribution is 2.31. The molecule has 2 aromatic rings. The van der Waals surface area contributed by atoms with Crippen LogP contribution in [-0.2, 0) is 9.59 Å². The maximum Gasteiger partial charge on any atom is 0.228 e. The maximum atomic E-state index is 13.4. The lowest BCUT2D eigenvalue weighted by molar-refractivity contribution is -0.130. The Balaban J connectivity index is 1.33. The molecule has 1 aliphatic carbocycles. The molecule has 0 unspecified atom stereocenters. The number of halogens is 2. The summed E-state index contributed by atoms with van der Waals surface area (Å²) in [6.45, 7) is 0.839. The Kier molecular flexibility index (Phi) is 5.56. The summed E-state index contributed by atoms with van der Waals surface area (Å²) in [5.74, 6) is -0.823. The molecule has 0 bridgehead atoms. The predicted molar refractivity (Wildman–Crippen MR) is 105 cm³/mol. The summed E-state index contributed by atoms with van der Waals surface area (Å²) in [5, 5.41) is 2.83. The number of likely N-dealkylation sites (tertiary alicyclic amines) is 1. The minimum Gasteiger partial charge on any atom is -0.340 e. The number of pyridine rings is 1. The van der Waals surface area contributed by atoms with E-state index in [1.165, 1.54) is 18.3 Å². The fourth-order valence-corrected chi connectivity index (χ4v) is 4.29. The third-order valence-electron chi connectivity index (χ3n) is 5.83. The molecule has 1 saturated heterocycles. The first-order valence-corrected chi connectivity index (χ1v) is 10.0. The first kappa shape index (κ1) is 19.5. The topological polar surface area (TPSA) is 62.3 Å². The van der Waals surface area contributed by atoms with E-state index in [1.54, 1.807) is 12.1 Å². The number of nitrogens with zero attached hydrogens (tertiary/aromatic N) is 2. The molecular formula is C22H23F2N3O2. The number of nitrogens with one attached hydrogen (secondary N) is 1. The van der Waals surface area contributed by atoms with Crippen LogP contribution in [0.4, 0.5) is 14.6 Å². The van der Waals surface area contributed by atoms with Crippen LogP contribution in [0.5, 0.6) is 0 Å². The smallest absolute Gasteiger partial charge is 0.228 e. The molecule has 2 fully saturated rings. The number of carbonyl (C=O) groups is 2. The highest BCUT2D eigenvalue weighted by Gasteiger charge is 2.33. The van der Waals surface area contributed by atoms with Crippen molar-refractivity contribution in [2.45, 2.75) is 44.6 Å². The van der Waals surface area contributed by atoms with Gasteiger partial charge in [-0.25, -0.2) is 13.8 Å². The van der Waals surface area contributed by atoms with Gasteiger partial charge in [0, 0.05) is 42.8 Å². The summed E-state index contributed by atoms with van der Waals surface area (Å²) in [7, 11) is 0. The van der Waals surface area contributed by atoms with Crippen molar-refractivity contribution in [2.75, 3.05) is 11.9 Å². The Bertz CT molecular complexity index is 889. The summed E-state index contributed by atoms with van der Waals surface area (Å²) in [5.41, 5.74) is 0.958. The fraction of sp³-hybridized carbons (Fsp3) is 0.409. The number of rotatable bonds is 4. The molecule has 2 heterocycles. The quantitative estimate of drug-likeness (QED) is 0.840. The highest BCUT2D eigenvalue weighted by atomic mass is 19.1. The monoisotopic (exact) mass is 399 g/mol. The minimum atomic E-state index is -0.649. The Hall–Kier alpha value is -2.83. The zero-order valence-electron chi connectivity index (χ0n) is 16.0. The van der Waals surface area contributed by atoms with Gasteiger partial charge in [0.25, 0.3) is 0 Å². The zero-order chi connectivity index (χ0) is 20.4. The summed E-state index contributed by atoms with van der Waals surface area (Å²) in [6.07, 6.45) is 6.26. The summed E-state index contributed by atoms with van der Waals surface area (Å²) >= 11 is 0. The van der Waals surface area contributed by atoms with E-state index in [0.717, 1.165) is 44.7 Å². The molecule has 1 aliphatic heterocycles. The molecule has 1 aromatic heterocycles. The molecule has 2 aliphatic rings. The molecule has 0 spiro atoms. The van der Waals surface area contributed by atoms with Gasteiger partial charge in [0.15, 0.2) is 0 Å². The van der Waals surface area contributed by atoms with Gasteiger partial charge in [0.2, 0.25) is 11.8 Å². The largest absolute Gasteiger partial charge is 0.340 e. The van der Waals surface area contributed by atoms with Crippen LogP contribution in [0.3, 0.4) is 0 Å². The van der Waals surface area contributed by atoms with Crippen molar-refractivity contribution in [3.8, 4) is 11.1 Å². The van der Waals surface area contributed by atoms with Gasteiger partial charge in [-0.1, -0.05) is 0 Å². The molecule has 5 nitrogen and oxygen atoms in total. The molecule has 4 rings (SSSR count). The maximum absolute atomic E-state index is 13.4. The lowest BCUT2D eigenvalue weighted by Gasteiger charge is -2.34. The molecule has 0 radical (unpaired) electrons. The molecule has 1 aromatic carbocycles. The van der Waals surface area contributed by atoms with E-state index < -0.39 is 11.6 Å². The number of anilines is 1. The van der Waals surface area contributed by atoms with E-state index in [0.29, 0.717) is 23.4 Å². The molecule has 1 N–H and O–H groups in total. The minimum absolute atomic E-state index is 0.0757. The Morgan fingerprint density at radius 1 is 1.03 bits per heavy atom. The van der Waals surface area contributed by atoms with Crippen molar-refractivity contribution >= 4 is 17.6 Å². The molecule has 0 atom stereocenters.